The molecule has 2 atom stereocenters. The van der Waals surface area contributed by atoms with Crippen molar-refractivity contribution in [3.05, 3.63) is 35.9 Å². The van der Waals surface area contributed by atoms with Crippen LogP contribution in [-0.4, -0.2) is 48.1 Å². The first-order chi connectivity index (χ1) is 10.3. The molecule has 0 saturated carbocycles. The fraction of sp³-hybridized carbons (Fsp3) is 0.562. The summed E-state index contributed by atoms with van der Waals surface area (Å²) >= 11 is 1.77. The molecule has 132 valence electrons. The quantitative estimate of drug-likeness (QED) is 0.764. The molecule has 1 amide bonds. The zero-order valence-electron chi connectivity index (χ0n) is 13.7. The standard InChI is InChI=1S/C16H25N3OS.2ClH/c1-3-19(4-2)15(13-8-6-5-7-9-13)10-17-16(20)14-11-21-12-18-14;;/h5-9,14-15,18H,3-4,10-12H2,1-2H3,(H,17,20);2*1H/t14-,15?;;/m1../s1. The van der Waals surface area contributed by atoms with Gasteiger partial charge >= 0.3 is 0 Å². The van der Waals surface area contributed by atoms with Crippen molar-refractivity contribution >= 4 is 42.5 Å². The molecule has 23 heavy (non-hydrogen) atoms. The largest absolute Gasteiger partial charge is 0.353 e. The SMILES string of the molecule is CCN(CC)C(CNC(=O)[C@H]1CSCN1)c1ccccc1.Cl.Cl. The smallest absolute Gasteiger partial charge is 0.238 e. The molecule has 1 saturated heterocycles. The third-order valence-electron chi connectivity index (χ3n) is 3.94. The van der Waals surface area contributed by atoms with Crippen molar-refractivity contribution < 1.29 is 4.79 Å². The number of rotatable bonds is 7. The first-order valence-corrected chi connectivity index (χ1v) is 8.79. The Bertz CT molecular complexity index is 440. The summed E-state index contributed by atoms with van der Waals surface area (Å²) in [7, 11) is 0. The molecule has 4 nitrogen and oxygen atoms in total. The van der Waals surface area contributed by atoms with Crippen LogP contribution in [0.3, 0.4) is 0 Å². The van der Waals surface area contributed by atoms with E-state index in [1.165, 1.54) is 5.56 Å². The van der Waals surface area contributed by atoms with Crippen molar-refractivity contribution in [1.82, 2.24) is 15.5 Å². The number of benzene rings is 1. The van der Waals surface area contributed by atoms with E-state index in [1.807, 2.05) is 6.07 Å². The average molecular weight is 380 g/mol. The lowest BCUT2D eigenvalue weighted by atomic mass is 10.0. The molecule has 1 aromatic rings. The van der Waals surface area contributed by atoms with Crippen molar-refractivity contribution in [2.75, 3.05) is 31.3 Å². The van der Waals surface area contributed by atoms with Crippen LogP contribution < -0.4 is 10.6 Å². The van der Waals surface area contributed by atoms with E-state index in [4.69, 9.17) is 0 Å². The molecule has 1 aliphatic rings. The summed E-state index contributed by atoms with van der Waals surface area (Å²) in [5.74, 6) is 1.86. The molecule has 1 aromatic carbocycles. The Morgan fingerprint density at radius 1 is 1.30 bits per heavy atom. The van der Waals surface area contributed by atoms with Crippen LogP contribution in [-0.2, 0) is 4.79 Å². The summed E-state index contributed by atoms with van der Waals surface area (Å²) in [5, 5.41) is 6.33. The third-order valence-corrected chi connectivity index (χ3v) is 4.88. The van der Waals surface area contributed by atoms with Crippen LogP contribution in [0.15, 0.2) is 30.3 Å². The number of carbonyl (C=O) groups excluding carboxylic acids is 1. The van der Waals surface area contributed by atoms with Gasteiger partial charge in [-0.15, -0.1) is 36.6 Å². The molecular formula is C16H27Cl2N3OS. The Balaban J connectivity index is 0.00000242. The molecule has 0 spiro atoms. The van der Waals surface area contributed by atoms with E-state index in [1.54, 1.807) is 11.8 Å². The van der Waals surface area contributed by atoms with Crippen molar-refractivity contribution in [3.8, 4) is 0 Å². The molecule has 1 unspecified atom stereocenters. The highest BCUT2D eigenvalue weighted by Crippen LogP contribution is 2.19. The van der Waals surface area contributed by atoms with Gasteiger partial charge in [0.1, 0.15) is 0 Å². The Hall–Kier alpha value is -0.460. The summed E-state index contributed by atoms with van der Waals surface area (Å²) in [6.07, 6.45) is 0. The molecule has 1 aliphatic heterocycles. The third kappa shape index (κ3) is 6.51. The number of carbonyl (C=O) groups is 1. The number of nitrogens with one attached hydrogen (secondary N) is 2. The van der Waals surface area contributed by atoms with Crippen LogP contribution in [0.2, 0.25) is 0 Å². The predicted molar refractivity (Wildman–Crippen MR) is 104 cm³/mol. The summed E-state index contributed by atoms with van der Waals surface area (Å²) in [4.78, 5) is 14.6. The molecule has 1 fully saturated rings. The van der Waals surface area contributed by atoms with Crippen molar-refractivity contribution in [3.63, 3.8) is 0 Å². The maximum atomic E-state index is 12.2. The van der Waals surface area contributed by atoms with Crippen LogP contribution >= 0.6 is 36.6 Å². The molecule has 1 heterocycles. The zero-order chi connectivity index (χ0) is 15.1. The van der Waals surface area contributed by atoms with Crippen LogP contribution in [0.5, 0.6) is 0 Å². The van der Waals surface area contributed by atoms with E-state index in [0.29, 0.717) is 6.54 Å². The normalized spacial score (nSPS) is 18.0. The maximum Gasteiger partial charge on any atom is 0.238 e. The van der Waals surface area contributed by atoms with E-state index in [-0.39, 0.29) is 42.8 Å². The highest BCUT2D eigenvalue weighted by molar-refractivity contribution is 7.99. The van der Waals surface area contributed by atoms with Gasteiger partial charge in [-0.2, -0.15) is 0 Å². The zero-order valence-corrected chi connectivity index (χ0v) is 16.1. The van der Waals surface area contributed by atoms with Gasteiger partial charge in [-0.05, 0) is 18.7 Å². The van der Waals surface area contributed by atoms with Crippen molar-refractivity contribution in [2.45, 2.75) is 25.9 Å². The van der Waals surface area contributed by atoms with Gasteiger partial charge in [0.15, 0.2) is 0 Å². The van der Waals surface area contributed by atoms with Crippen LogP contribution in [0.4, 0.5) is 0 Å². The number of nitrogens with zero attached hydrogens (tertiary/aromatic N) is 1. The number of amides is 1. The Morgan fingerprint density at radius 3 is 2.48 bits per heavy atom. The van der Waals surface area contributed by atoms with E-state index >= 15 is 0 Å². The second kappa shape index (κ2) is 12.0. The lowest BCUT2D eigenvalue weighted by molar-refractivity contribution is -0.122. The first kappa shape index (κ1) is 22.5. The predicted octanol–water partition coefficient (Wildman–Crippen LogP) is 2.69. The highest BCUT2D eigenvalue weighted by Gasteiger charge is 2.24. The van der Waals surface area contributed by atoms with Gasteiger partial charge in [-0.25, -0.2) is 0 Å². The second-order valence-corrected chi connectivity index (χ2v) is 6.19. The highest BCUT2D eigenvalue weighted by atomic mass is 35.5. The molecule has 0 radical (unpaired) electrons. The lowest BCUT2D eigenvalue weighted by Crippen LogP contribution is -2.45. The summed E-state index contributed by atoms with van der Waals surface area (Å²) in [5.41, 5.74) is 1.26. The molecule has 0 bridgehead atoms. The minimum Gasteiger partial charge on any atom is -0.353 e. The summed E-state index contributed by atoms with van der Waals surface area (Å²) in [6.45, 7) is 6.94. The number of hydrogen-bond donors (Lipinski definition) is 2. The average Bonchev–Trinajstić information content (AvgIpc) is 3.06. The Morgan fingerprint density at radius 2 is 1.96 bits per heavy atom. The molecule has 7 heteroatoms. The van der Waals surface area contributed by atoms with Crippen molar-refractivity contribution in [2.24, 2.45) is 0 Å². The fourth-order valence-corrected chi connectivity index (χ4v) is 3.62. The fourth-order valence-electron chi connectivity index (χ4n) is 2.68. The topological polar surface area (TPSA) is 44.4 Å². The summed E-state index contributed by atoms with van der Waals surface area (Å²) < 4.78 is 0. The Labute approximate surface area is 156 Å². The van der Waals surface area contributed by atoms with Gasteiger partial charge in [0.05, 0.1) is 12.1 Å². The van der Waals surface area contributed by atoms with E-state index < -0.39 is 0 Å². The van der Waals surface area contributed by atoms with Gasteiger partial charge in [0.25, 0.3) is 0 Å². The number of likely N-dealkylation sites (N-methyl/N-ethyl adjacent to an activating group) is 1. The first-order valence-electron chi connectivity index (χ1n) is 7.64. The summed E-state index contributed by atoms with van der Waals surface area (Å²) in [6, 6.07) is 10.6. The van der Waals surface area contributed by atoms with Crippen LogP contribution in [0, 0.1) is 0 Å². The van der Waals surface area contributed by atoms with E-state index in [9.17, 15) is 4.79 Å². The second-order valence-electron chi connectivity index (χ2n) is 5.16. The molecule has 0 aliphatic carbocycles. The number of thioether (sulfide) groups is 1. The monoisotopic (exact) mass is 379 g/mol. The minimum absolute atomic E-state index is 0. The van der Waals surface area contributed by atoms with Crippen molar-refractivity contribution in [1.29, 1.82) is 0 Å². The molecule has 2 rings (SSSR count). The Kier molecular flexibility index (Phi) is 11.7. The van der Waals surface area contributed by atoms with Gasteiger partial charge in [-0.1, -0.05) is 44.2 Å². The van der Waals surface area contributed by atoms with Gasteiger partial charge in [-0.3, -0.25) is 15.0 Å². The van der Waals surface area contributed by atoms with Gasteiger partial charge in [0.2, 0.25) is 5.91 Å². The molecular weight excluding hydrogens is 353 g/mol. The molecule has 0 aromatic heterocycles. The maximum absolute atomic E-state index is 12.2. The van der Waals surface area contributed by atoms with E-state index in [2.05, 4.69) is 53.6 Å². The molecule has 2 N–H and O–H groups in total. The van der Waals surface area contributed by atoms with Crippen LogP contribution in [0.1, 0.15) is 25.5 Å². The van der Waals surface area contributed by atoms with Crippen LogP contribution in [0.25, 0.3) is 0 Å². The van der Waals surface area contributed by atoms with Gasteiger partial charge in [0, 0.05) is 18.2 Å². The minimum atomic E-state index is -0.0388. The number of hydrogen-bond acceptors (Lipinski definition) is 4. The lowest BCUT2D eigenvalue weighted by Gasteiger charge is -2.30. The number of halogens is 2. The van der Waals surface area contributed by atoms with E-state index in [0.717, 1.165) is 24.7 Å². The van der Waals surface area contributed by atoms with Gasteiger partial charge < -0.3 is 5.32 Å².